The Morgan fingerprint density at radius 1 is 1.19 bits per heavy atom. The first kappa shape index (κ1) is 15.0. The lowest BCUT2D eigenvalue weighted by Gasteiger charge is -2.10. The van der Waals surface area contributed by atoms with Crippen molar-refractivity contribution in [1.82, 2.24) is 4.98 Å². The van der Waals surface area contributed by atoms with Gasteiger partial charge in [0.05, 0.1) is 0 Å². The van der Waals surface area contributed by atoms with Gasteiger partial charge in [-0.25, -0.2) is 27.0 Å². The molecule has 5 nitrogen and oxygen atoms in total. The summed E-state index contributed by atoms with van der Waals surface area (Å²) in [6.07, 6.45) is 1.91. The molecular weight excluding hydrogens is 304 g/mol. The topological polar surface area (TPSA) is 84.3 Å². The number of rotatable bonds is 3. The van der Waals surface area contributed by atoms with Gasteiger partial charge in [-0.2, -0.15) is 0 Å². The van der Waals surface area contributed by atoms with Crippen LogP contribution in [-0.4, -0.2) is 30.7 Å². The van der Waals surface area contributed by atoms with Crippen LogP contribution in [0.25, 0.3) is 11.1 Å². The number of hydrogen-bond acceptors (Lipinski definition) is 4. The molecule has 21 heavy (non-hydrogen) atoms. The molecule has 0 saturated carbocycles. The molecule has 2 rings (SSSR count). The zero-order chi connectivity index (χ0) is 15.8. The Labute approximate surface area is 118 Å². The summed E-state index contributed by atoms with van der Waals surface area (Å²) in [5, 5.41) is 8.60. The summed E-state index contributed by atoms with van der Waals surface area (Å²) in [6.45, 7) is 0. The number of halogens is 2. The van der Waals surface area contributed by atoms with E-state index in [4.69, 9.17) is 0 Å². The fourth-order valence-corrected chi connectivity index (χ4v) is 2.66. The largest absolute Gasteiger partial charge is 0.478 e. The zero-order valence-electron chi connectivity index (χ0n) is 10.7. The molecule has 2 aromatic rings. The summed E-state index contributed by atoms with van der Waals surface area (Å²) in [5.74, 6) is -3.78. The van der Waals surface area contributed by atoms with Gasteiger partial charge in [-0.05, 0) is 23.8 Å². The second-order valence-electron chi connectivity index (χ2n) is 4.24. The predicted octanol–water partition coefficient (Wildman–Crippen LogP) is 2.13. The van der Waals surface area contributed by atoms with Crippen LogP contribution >= 0.6 is 0 Å². The fraction of sp³-hybridized carbons (Fsp3) is 0.0769. The second-order valence-corrected chi connectivity index (χ2v) is 6.18. The maximum absolute atomic E-state index is 13.3. The van der Waals surface area contributed by atoms with E-state index >= 15 is 0 Å². The molecule has 0 radical (unpaired) electrons. The van der Waals surface area contributed by atoms with Gasteiger partial charge in [-0.15, -0.1) is 0 Å². The molecule has 1 N–H and O–H groups in total. The number of hydrogen-bond donors (Lipinski definition) is 1. The van der Waals surface area contributed by atoms with Crippen molar-refractivity contribution in [3.63, 3.8) is 0 Å². The molecule has 0 aliphatic carbocycles. The van der Waals surface area contributed by atoms with E-state index in [2.05, 4.69) is 4.98 Å². The summed E-state index contributed by atoms with van der Waals surface area (Å²) >= 11 is 0. The van der Waals surface area contributed by atoms with Crippen LogP contribution in [0.5, 0.6) is 0 Å². The number of carboxylic acid groups (broad SMARTS) is 1. The first-order chi connectivity index (χ1) is 9.71. The van der Waals surface area contributed by atoms with Gasteiger partial charge < -0.3 is 5.11 Å². The summed E-state index contributed by atoms with van der Waals surface area (Å²) in [4.78, 5) is 14.9. The zero-order valence-corrected chi connectivity index (χ0v) is 11.5. The molecular formula is C13H9F2NO4S. The lowest BCUT2D eigenvalue weighted by atomic mass is 10.0. The number of pyridine rings is 1. The summed E-state index contributed by atoms with van der Waals surface area (Å²) < 4.78 is 49.4. The van der Waals surface area contributed by atoms with Crippen molar-refractivity contribution in [2.24, 2.45) is 0 Å². The smallest absolute Gasteiger partial charge is 0.339 e. The van der Waals surface area contributed by atoms with Gasteiger partial charge in [0, 0.05) is 18.0 Å². The molecule has 0 bridgehead atoms. The van der Waals surface area contributed by atoms with E-state index in [0.717, 1.165) is 30.7 Å². The van der Waals surface area contributed by atoms with Crippen molar-refractivity contribution < 1.29 is 27.1 Å². The molecule has 0 spiro atoms. The Morgan fingerprint density at radius 3 is 2.38 bits per heavy atom. The molecule has 0 saturated heterocycles. The van der Waals surface area contributed by atoms with Crippen molar-refractivity contribution in [2.75, 3.05) is 6.26 Å². The van der Waals surface area contributed by atoms with Crippen LogP contribution in [0.15, 0.2) is 35.5 Å². The average Bonchev–Trinajstić information content (AvgIpc) is 2.40. The standard InChI is InChI=1S/C13H9F2NO4S/c1-21(19,20)12-11(13(17)18)8(4-5-16-12)7-2-3-9(14)10(15)6-7/h2-6H,1H3,(H,17,18). The molecule has 110 valence electrons. The van der Waals surface area contributed by atoms with E-state index < -0.39 is 38.0 Å². The number of sulfone groups is 1. The molecule has 1 heterocycles. The van der Waals surface area contributed by atoms with E-state index in [1.807, 2.05) is 0 Å². The maximum Gasteiger partial charge on any atom is 0.339 e. The van der Waals surface area contributed by atoms with Gasteiger partial charge in [0.2, 0.25) is 0 Å². The van der Waals surface area contributed by atoms with E-state index in [1.54, 1.807) is 0 Å². The highest BCUT2D eigenvalue weighted by atomic mass is 32.2. The van der Waals surface area contributed by atoms with E-state index in [9.17, 15) is 27.1 Å². The van der Waals surface area contributed by atoms with Crippen LogP contribution in [-0.2, 0) is 9.84 Å². The Bertz CT molecular complexity index is 834. The number of nitrogens with zero attached hydrogens (tertiary/aromatic N) is 1. The highest BCUT2D eigenvalue weighted by molar-refractivity contribution is 7.90. The lowest BCUT2D eigenvalue weighted by Crippen LogP contribution is -2.11. The van der Waals surface area contributed by atoms with Crippen LogP contribution in [0.4, 0.5) is 8.78 Å². The minimum atomic E-state index is -3.89. The SMILES string of the molecule is CS(=O)(=O)c1nccc(-c2ccc(F)c(F)c2)c1C(=O)O. The average molecular weight is 313 g/mol. The predicted molar refractivity (Wildman–Crippen MR) is 69.7 cm³/mol. The Balaban J connectivity index is 2.81. The van der Waals surface area contributed by atoms with Crippen LogP contribution in [0.3, 0.4) is 0 Å². The number of carboxylic acids is 1. The van der Waals surface area contributed by atoms with E-state index in [1.165, 1.54) is 6.07 Å². The minimum absolute atomic E-state index is 0.0404. The van der Waals surface area contributed by atoms with Gasteiger partial charge in [0.1, 0.15) is 5.56 Å². The van der Waals surface area contributed by atoms with Crippen molar-refractivity contribution in [1.29, 1.82) is 0 Å². The normalized spacial score (nSPS) is 11.4. The molecule has 1 aromatic heterocycles. The maximum atomic E-state index is 13.3. The van der Waals surface area contributed by atoms with Crippen molar-refractivity contribution in [3.8, 4) is 11.1 Å². The quantitative estimate of drug-likeness (QED) is 0.938. The summed E-state index contributed by atoms with van der Waals surface area (Å²) in [6, 6.07) is 4.01. The van der Waals surface area contributed by atoms with Crippen molar-refractivity contribution in [2.45, 2.75) is 5.03 Å². The molecule has 0 amide bonds. The third-order valence-electron chi connectivity index (χ3n) is 2.71. The monoisotopic (exact) mass is 313 g/mol. The van der Waals surface area contributed by atoms with Gasteiger partial charge in [0.15, 0.2) is 26.5 Å². The van der Waals surface area contributed by atoms with Crippen LogP contribution < -0.4 is 0 Å². The number of carbonyl (C=O) groups is 1. The number of benzene rings is 1. The van der Waals surface area contributed by atoms with Crippen molar-refractivity contribution >= 4 is 15.8 Å². The molecule has 8 heteroatoms. The van der Waals surface area contributed by atoms with Gasteiger partial charge >= 0.3 is 5.97 Å². The number of aromatic nitrogens is 1. The molecule has 1 aromatic carbocycles. The Morgan fingerprint density at radius 2 is 1.86 bits per heavy atom. The van der Waals surface area contributed by atoms with Gasteiger partial charge in [-0.3, -0.25) is 0 Å². The highest BCUT2D eigenvalue weighted by Gasteiger charge is 2.24. The first-order valence-electron chi connectivity index (χ1n) is 5.59. The van der Waals surface area contributed by atoms with Crippen molar-refractivity contribution in [3.05, 3.63) is 47.7 Å². The summed E-state index contributed by atoms with van der Waals surface area (Å²) in [7, 11) is -3.89. The molecule has 0 aliphatic heterocycles. The Kier molecular flexibility index (Phi) is 3.73. The highest BCUT2D eigenvalue weighted by Crippen LogP contribution is 2.28. The molecule has 0 atom stereocenters. The Hall–Kier alpha value is -2.35. The third kappa shape index (κ3) is 2.89. The molecule has 0 aliphatic rings. The van der Waals surface area contributed by atoms with E-state index in [-0.39, 0.29) is 11.1 Å². The van der Waals surface area contributed by atoms with Crippen LogP contribution in [0, 0.1) is 11.6 Å². The van der Waals surface area contributed by atoms with Gasteiger partial charge in [-0.1, -0.05) is 6.07 Å². The minimum Gasteiger partial charge on any atom is -0.478 e. The lowest BCUT2D eigenvalue weighted by molar-refractivity contribution is 0.0692. The first-order valence-corrected chi connectivity index (χ1v) is 7.48. The molecule has 0 unspecified atom stereocenters. The van der Waals surface area contributed by atoms with Crippen LogP contribution in [0.1, 0.15) is 10.4 Å². The molecule has 0 fully saturated rings. The second kappa shape index (κ2) is 5.21. The number of aromatic carboxylic acids is 1. The van der Waals surface area contributed by atoms with Crippen LogP contribution in [0.2, 0.25) is 0 Å². The summed E-state index contributed by atoms with van der Waals surface area (Å²) in [5.41, 5.74) is -0.596. The van der Waals surface area contributed by atoms with E-state index in [0.29, 0.717) is 0 Å². The van der Waals surface area contributed by atoms with Gasteiger partial charge in [0.25, 0.3) is 0 Å². The fourth-order valence-electron chi connectivity index (χ4n) is 1.83. The third-order valence-corrected chi connectivity index (χ3v) is 3.72.